The molecule has 1 aliphatic heterocycles. The van der Waals surface area contributed by atoms with Gasteiger partial charge in [0.15, 0.2) is 0 Å². The van der Waals surface area contributed by atoms with Crippen LogP contribution >= 0.6 is 0 Å². The monoisotopic (exact) mass is 409 g/mol. The average molecular weight is 409 g/mol. The first-order chi connectivity index (χ1) is 15.0. The molecule has 0 saturated heterocycles. The zero-order chi connectivity index (χ0) is 21.5. The van der Waals surface area contributed by atoms with E-state index in [9.17, 15) is 9.59 Å². The van der Waals surface area contributed by atoms with Crippen LogP contribution in [0.4, 0.5) is 5.69 Å². The van der Waals surface area contributed by atoms with Gasteiger partial charge in [0.2, 0.25) is 0 Å². The second-order valence-corrected chi connectivity index (χ2v) is 8.06. The Morgan fingerprint density at radius 1 is 0.968 bits per heavy atom. The fourth-order valence-corrected chi connectivity index (χ4v) is 4.44. The molecule has 0 spiro atoms. The molecule has 1 aromatic heterocycles. The van der Waals surface area contributed by atoms with E-state index in [4.69, 9.17) is 0 Å². The molecule has 0 fully saturated rings. The highest BCUT2D eigenvalue weighted by molar-refractivity contribution is 6.07. The molecule has 0 radical (unpaired) electrons. The van der Waals surface area contributed by atoms with Crippen LogP contribution in [-0.4, -0.2) is 21.5 Å². The number of rotatable bonds is 2. The Labute approximate surface area is 180 Å². The predicted octanol–water partition coefficient (Wildman–Crippen LogP) is 4.68. The molecule has 3 aromatic carbocycles. The van der Waals surface area contributed by atoms with Crippen molar-refractivity contribution >= 4 is 22.5 Å². The van der Waals surface area contributed by atoms with Crippen LogP contribution in [0.3, 0.4) is 0 Å². The summed E-state index contributed by atoms with van der Waals surface area (Å²) in [4.78, 5) is 32.9. The van der Waals surface area contributed by atoms with Crippen LogP contribution < -0.4 is 10.5 Å². The molecule has 4 aromatic rings. The fourth-order valence-electron chi connectivity index (χ4n) is 4.44. The smallest absolute Gasteiger partial charge is 0.265 e. The van der Waals surface area contributed by atoms with Crippen molar-refractivity contribution in [1.82, 2.24) is 9.55 Å². The maximum atomic E-state index is 13.4. The zero-order valence-electron chi connectivity index (χ0n) is 17.6. The van der Waals surface area contributed by atoms with E-state index in [2.05, 4.69) is 18.0 Å². The quantitative estimate of drug-likeness (QED) is 0.483. The number of benzene rings is 3. The van der Waals surface area contributed by atoms with Crippen LogP contribution in [-0.2, 0) is 6.42 Å². The first-order valence-corrected chi connectivity index (χ1v) is 10.5. The van der Waals surface area contributed by atoms with Gasteiger partial charge >= 0.3 is 0 Å². The molecule has 31 heavy (non-hydrogen) atoms. The lowest BCUT2D eigenvalue weighted by Gasteiger charge is -2.35. The second-order valence-electron chi connectivity index (χ2n) is 8.06. The molecule has 5 rings (SSSR count). The topological polar surface area (TPSA) is 55.2 Å². The average Bonchev–Trinajstić information content (AvgIpc) is 2.79. The number of aryl methyl sites for hydroxylation is 2. The van der Waals surface area contributed by atoms with Gasteiger partial charge in [0, 0.05) is 17.3 Å². The number of carbonyl (C=O) groups excluding carboxylic acids is 1. The summed E-state index contributed by atoms with van der Waals surface area (Å²) in [6, 6.07) is 22.8. The third-order valence-corrected chi connectivity index (χ3v) is 6.06. The number of hydrogen-bond acceptors (Lipinski definition) is 3. The van der Waals surface area contributed by atoms with Gasteiger partial charge in [0.05, 0.1) is 16.6 Å². The lowest BCUT2D eigenvalue weighted by molar-refractivity contribution is 0.0975. The lowest BCUT2D eigenvalue weighted by atomic mass is 9.95. The standard InChI is InChI=1S/C26H23N3O2/c1-17-11-12-19-7-3-6-10-24(19)28(17)25(30)20-13-15-21(16-14-20)29-18(2)27-23-9-5-4-8-22(23)26(29)31/h3-10,13-17H,11-12H2,1-2H3/t17-/m0/s1. The van der Waals surface area contributed by atoms with Crippen molar-refractivity contribution in [3.8, 4) is 5.69 Å². The zero-order valence-corrected chi connectivity index (χ0v) is 17.6. The summed E-state index contributed by atoms with van der Waals surface area (Å²) in [7, 11) is 0. The van der Waals surface area contributed by atoms with Gasteiger partial charge in [-0.05, 0) is 74.7 Å². The molecule has 1 atom stereocenters. The fraction of sp³-hybridized carbons (Fsp3) is 0.192. The molecule has 0 bridgehead atoms. The molecule has 1 amide bonds. The van der Waals surface area contributed by atoms with Crippen molar-refractivity contribution in [1.29, 1.82) is 0 Å². The summed E-state index contributed by atoms with van der Waals surface area (Å²) in [6.07, 6.45) is 1.93. The van der Waals surface area contributed by atoms with Gasteiger partial charge in [-0.15, -0.1) is 0 Å². The highest BCUT2D eigenvalue weighted by Crippen LogP contribution is 2.31. The third-order valence-electron chi connectivity index (χ3n) is 6.06. The van der Waals surface area contributed by atoms with Crippen LogP contribution in [0, 0.1) is 6.92 Å². The molecule has 2 heterocycles. The highest BCUT2D eigenvalue weighted by Gasteiger charge is 2.28. The molecular formula is C26H23N3O2. The van der Waals surface area contributed by atoms with E-state index in [0.717, 1.165) is 18.5 Å². The van der Waals surface area contributed by atoms with Crippen LogP contribution in [0.2, 0.25) is 0 Å². The lowest BCUT2D eigenvalue weighted by Crippen LogP contribution is -2.42. The molecule has 154 valence electrons. The van der Waals surface area contributed by atoms with Crippen LogP contribution in [0.15, 0.2) is 77.6 Å². The summed E-state index contributed by atoms with van der Waals surface area (Å²) in [5.74, 6) is 0.591. The Bertz CT molecular complexity index is 1360. The number of hydrogen-bond donors (Lipinski definition) is 0. The number of fused-ring (bicyclic) bond motifs is 2. The molecule has 1 aliphatic rings. The van der Waals surface area contributed by atoms with Crippen LogP contribution in [0.1, 0.15) is 35.1 Å². The number of para-hydroxylation sites is 2. The second kappa shape index (κ2) is 7.51. The van der Waals surface area contributed by atoms with E-state index < -0.39 is 0 Å². The molecule has 0 saturated carbocycles. The van der Waals surface area contributed by atoms with Crippen LogP contribution in [0.25, 0.3) is 16.6 Å². The summed E-state index contributed by atoms with van der Waals surface area (Å²) < 4.78 is 1.59. The van der Waals surface area contributed by atoms with Crippen molar-refractivity contribution in [2.45, 2.75) is 32.7 Å². The van der Waals surface area contributed by atoms with E-state index in [-0.39, 0.29) is 17.5 Å². The SMILES string of the molecule is Cc1nc2ccccc2c(=O)n1-c1ccc(C(=O)N2c3ccccc3CC[C@@H]2C)cc1. The first kappa shape index (κ1) is 19.2. The Morgan fingerprint density at radius 3 is 2.48 bits per heavy atom. The van der Waals surface area contributed by atoms with Crippen LogP contribution in [0.5, 0.6) is 0 Å². The minimum atomic E-state index is -0.110. The summed E-state index contributed by atoms with van der Waals surface area (Å²) >= 11 is 0. The van der Waals surface area contributed by atoms with Crippen molar-refractivity contribution in [2.24, 2.45) is 0 Å². The van der Waals surface area contributed by atoms with E-state index in [1.807, 2.05) is 60.4 Å². The first-order valence-electron chi connectivity index (χ1n) is 10.5. The summed E-state index contributed by atoms with van der Waals surface area (Å²) in [5, 5.41) is 0.576. The van der Waals surface area contributed by atoms with Crippen molar-refractivity contribution < 1.29 is 4.79 Å². The van der Waals surface area contributed by atoms with Gasteiger partial charge in [-0.1, -0.05) is 30.3 Å². The van der Waals surface area contributed by atoms with Gasteiger partial charge in [-0.3, -0.25) is 14.2 Å². The van der Waals surface area contributed by atoms with Gasteiger partial charge in [-0.2, -0.15) is 0 Å². The number of anilines is 1. The Kier molecular flexibility index (Phi) is 4.66. The molecule has 0 aliphatic carbocycles. The number of aromatic nitrogens is 2. The van der Waals surface area contributed by atoms with E-state index in [1.54, 1.807) is 22.8 Å². The van der Waals surface area contributed by atoms with Crippen molar-refractivity contribution in [3.63, 3.8) is 0 Å². The predicted molar refractivity (Wildman–Crippen MR) is 123 cm³/mol. The molecular weight excluding hydrogens is 386 g/mol. The van der Waals surface area contributed by atoms with E-state index in [0.29, 0.717) is 28.0 Å². The molecule has 0 unspecified atom stereocenters. The largest absolute Gasteiger partial charge is 0.305 e. The Morgan fingerprint density at radius 2 is 1.68 bits per heavy atom. The van der Waals surface area contributed by atoms with Gasteiger partial charge in [0.25, 0.3) is 11.5 Å². The number of amides is 1. The number of nitrogens with zero attached hydrogens (tertiary/aromatic N) is 3. The molecule has 5 nitrogen and oxygen atoms in total. The molecule has 5 heteroatoms. The maximum Gasteiger partial charge on any atom is 0.265 e. The summed E-state index contributed by atoms with van der Waals surface area (Å²) in [6.45, 7) is 3.91. The Balaban J connectivity index is 1.53. The summed E-state index contributed by atoms with van der Waals surface area (Å²) in [5.41, 5.74) is 4.07. The van der Waals surface area contributed by atoms with Crippen molar-refractivity contribution in [3.05, 3.63) is 100 Å². The maximum absolute atomic E-state index is 13.4. The van der Waals surface area contributed by atoms with Gasteiger partial charge in [0.1, 0.15) is 5.82 Å². The Hall–Kier alpha value is -3.73. The molecule has 0 N–H and O–H groups in total. The van der Waals surface area contributed by atoms with Gasteiger partial charge in [-0.25, -0.2) is 4.98 Å². The van der Waals surface area contributed by atoms with E-state index >= 15 is 0 Å². The van der Waals surface area contributed by atoms with E-state index in [1.165, 1.54) is 5.56 Å². The minimum Gasteiger partial charge on any atom is -0.305 e. The minimum absolute atomic E-state index is 0.0214. The van der Waals surface area contributed by atoms with Gasteiger partial charge < -0.3 is 4.90 Å². The normalized spacial score (nSPS) is 15.7. The third kappa shape index (κ3) is 3.22. The highest BCUT2D eigenvalue weighted by atomic mass is 16.2. The number of carbonyl (C=O) groups is 1. The van der Waals surface area contributed by atoms with Crippen molar-refractivity contribution in [2.75, 3.05) is 4.90 Å².